The lowest BCUT2D eigenvalue weighted by molar-refractivity contribution is 0.0601. The number of carbonyl (C=O) groups is 1. The van der Waals surface area contributed by atoms with E-state index in [1.165, 1.54) is 32.8 Å². The maximum Gasteiger partial charge on any atom is 0.339 e. The Balaban J connectivity index is 2.08. The van der Waals surface area contributed by atoms with Gasteiger partial charge in [-0.25, -0.2) is 4.79 Å². The standard InChI is InChI=1S/C17H25NO2/c1-12(2)13-7-6-8-14(11-13)18-16-10-5-4-9-15(16)17(19)20-3/h4-5,9-10,12-14,18H,6-8,11H2,1-3H3. The Morgan fingerprint density at radius 2 is 2.05 bits per heavy atom. The van der Waals surface area contributed by atoms with Crippen molar-refractivity contribution in [3.63, 3.8) is 0 Å². The molecule has 20 heavy (non-hydrogen) atoms. The Morgan fingerprint density at radius 1 is 1.30 bits per heavy atom. The van der Waals surface area contributed by atoms with E-state index in [1.807, 2.05) is 24.3 Å². The highest BCUT2D eigenvalue weighted by atomic mass is 16.5. The first-order chi connectivity index (χ1) is 9.61. The molecule has 1 aliphatic carbocycles. The average molecular weight is 275 g/mol. The minimum Gasteiger partial charge on any atom is -0.465 e. The topological polar surface area (TPSA) is 38.3 Å². The summed E-state index contributed by atoms with van der Waals surface area (Å²) in [5.41, 5.74) is 1.52. The summed E-state index contributed by atoms with van der Waals surface area (Å²) in [4.78, 5) is 11.8. The number of benzene rings is 1. The third-order valence-corrected chi connectivity index (χ3v) is 4.35. The summed E-state index contributed by atoms with van der Waals surface area (Å²) in [6, 6.07) is 8.07. The largest absolute Gasteiger partial charge is 0.465 e. The summed E-state index contributed by atoms with van der Waals surface area (Å²) in [5.74, 6) is 1.24. The van der Waals surface area contributed by atoms with Crippen molar-refractivity contribution in [3.8, 4) is 0 Å². The fourth-order valence-corrected chi connectivity index (χ4v) is 3.08. The van der Waals surface area contributed by atoms with E-state index in [4.69, 9.17) is 4.74 Å². The Kier molecular flexibility index (Phi) is 5.05. The summed E-state index contributed by atoms with van der Waals surface area (Å²) < 4.78 is 4.85. The predicted octanol–water partition coefficient (Wildman–Crippen LogP) is 4.10. The summed E-state index contributed by atoms with van der Waals surface area (Å²) in [5, 5.41) is 3.55. The van der Waals surface area contributed by atoms with E-state index < -0.39 is 0 Å². The molecule has 1 aromatic rings. The van der Waals surface area contributed by atoms with Crippen LogP contribution >= 0.6 is 0 Å². The van der Waals surface area contributed by atoms with E-state index in [2.05, 4.69) is 19.2 Å². The molecule has 0 bridgehead atoms. The molecule has 1 saturated carbocycles. The number of hydrogen-bond acceptors (Lipinski definition) is 3. The van der Waals surface area contributed by atoms with Gasteiger partial charge in [-0.15, -0.1) is 0 Å². The van der Waals surface area contributed by atoms with Crippen LogP contribution in [0.2, 0.25) is 0 Å². The summed E-state index contributed by atoms with van der Waals surface area (Å²) in [6.45, 7) is 4.60. The molecular formula is C17H25NO2. The van der Waals surface area contributed by atoms with Crippen molar-refractivity contribution in [2.24, 2.45) is 11.8 Å². The Labute approximate surface area is 121 Å². The molecule has 2 atom stereocenters. The van der Waals surface area contributed by atoms with Gasteiger partial charge in [0.1, 0.15) is 0 Å². The van der Waals surface area contributed by atoms with Gasteiger partial charge in [0.2, 0.25) is 0 Å². The number of hydrogen-bond donors (Lipinski definition) is 1. The molecule has 1 aromatic carbocycles. The van der Waals surface area contributed by atoms with Gasteiger partial charge in [0.25, 0.3) is 0 Å². The molecule has 1 N–H and O–H groups in total. The molecule has 0 saturated heterocycles. The van der Waals surface area contributed by atoms with Gasteiger partial charge in [-0.1, -0.05) is 38.8 Å². The second kappa shape index (κ2) is 6.78. The van der Waals surface area contributed by atoms with Gasteiger partial charge in [0.05, 0.1) is 12.7 Å². The van der Waals surface area contributed by atoms with E-state index in [1.54, 1.807) is 0 Å². The van der Waals surface area contributed by atoms with Crippen molar-refractivity contribution < 1.29 is 9.53 Å². The van der Waals surface area contributed by atoms with Crippen LogP contribution in [0.4, 0.5) is 5.69 Å². The van der Waals surface area contributed by atoms with Gasteiger partial charge < -0.3 is 10.1 Å². The first kappa shape index (κ1) is 14.9. The predicted molar refractivity (Wildman–Crippen MR) is 82.0 cm³/mol. The molecule has 0 radical (unpaired) electrons. The van der Waals surface area contributed by atoms with E-state index in [0.29, 0.717) is 11.6 Å². The van der Waals surface area contributed by atoms with Crippen LogP contribution in [0, 0.1) is 11.8 Å². The minimum absolute atomic E-state index is 0.274. The fourth-order valence-electron chi connectivity index (χ4n) is 3.08. The lowest BCUT2D eigenvalue weighted by Crippen LogP contribution is -2.30. The van der Waals surface area contributed by atoms with Crippen LogP contribution in [-0.4, -0.2) is 19.1 Å². The van der Waals surface area contributed by atoms with Crippen LogP contribution < -0.4 is 5.32 Å². The molecule has 0 aromatic heterocycles. The van der Waals surface area contributed by atoms with Crippen molar-refractivity contribution in [3.05, 3.63) is 29.8 Å². The average Bonchev–Trinajstić information content (AvgIpc) is 2.47. The molecule has 2 rings (SSSR count). The van der Waals surface area contributed by atoms with Crippen LogP contribution in [0.5, 0.6) is 0 Å². The van der Waals surface area contributed by atoms with Gasteiger partial charge >= 0.3 is 5.97 Å². The van der Waals surface area contributed by atoms with Crippen molar-refractivity contribution >= 4 is 11.7 Å². The van der Waals surface area contributed by atoms with Crippen molar-refractivity contribution in [2.45, 2.75) is 45.6 Å². The van der Waals surface area contributed by atoms with Crippen LogP contribution in [0.15, 0.2) is 24.3 Å². The molecular weight excluding hydrogens is 250 g/mol. The zero-order chi connectivity index (χ0) is 14.5. The first-order valence-corrected chi connectivity index (χ1v) is 7.55. The molecule has 0 heterocycles. The van der Waals surface area contributed by atoms with E-state index >= 15 is 0 Å². The van der Waals surface area contributed by atoms with E-state index in [-0.39, 0.29) is 5.97 Å². The van der Waals surface area contributed by atoms with Crippen LogP contribution in [0.3, 0.4) is 0 Å². The highest BCUT2D eigenvalue weighted by molar-refractivity contribution is 5.95. The Bertz CT molecular complexity index is 456. The van der Waals surface area contributed by atoms with Gasteiger partial charge in [0, 0.05) is 11.7 Å². The number of rotatable bonds is 4. The minimum atomic E-state index is -0.274. The Hall–Kier alpha value is -1.51. The fraction of sp³-hybridized carbons (Fsp3) is 0.588. The molecule has 2 unspecified atom stereocenters. The number of carbonyl (C=O) groups excluding carboxylic acids is 1. The summed E-state index contributed by atoms with van der Waals surface area (Å²) >= 11 is 0. The van der Waals surface area contributed by atoms with Gasteiger partial charge in [0.15, 0.2) is 0 Å². The zero-order valence-electron chi connectivity index (χ0n) is 12.7. The quantitative estimate of drug-likeness (QED) is 0.841. The van der Waals surface area contributed by atoms with E-state index in [9.17, 15) is 4.79 Å². The molecule has 3 heteroatoms. The monoisotopic (exact) mass is 275 g/mol. The van der Waals surface area contributed by atoms with Crippen LogP contribution in [0.1, 0.15) is 49.9 Å². The number of esters is 1. The first-order valence-electron chi connectivity index (χ1n) is 7.55. The molecule has 1 fully saturated rings. The molecule has 1 aliphatic rings. The maximum atomic E-state index is 11.8. The molecule has 110 valence electrons. The van der Waals surface area contributed by atoms with Crippen molar-refractivity contribution in [2.75, 3.05) is 12.4 Å². The van der Waals surface area contributed by atoms with Gasteiger partial charge in [-0.05, 0) is 36.8 Å². The second-order valence-electron chi connectivity index (χ2n) is 6.05. The van der Waals surface area contributed by atoms with Gasteiger partial charge in [-0.2, -0.15) is 0 Å². The lowest BCUT2D eigenvalue weighted by atomic mass is 9.79. The normalized spacial score (nSPS) is 22.6. The van der Waals surface area contributed by atoms with Crippen molar-refractivity contribution in [1.29, 1.82) is 0 Å². The number of methoxy groups -OCH3 is 1. The lowest BCUT2D eigenvalue weighted by Gasteiger charge is -2.33. The molecule has 0 amide bonds. The zero-order valence-corrected chi connectivity index (χ0v) is 12.7. The third kappa shape index (κ3) is 3.53. The van der Waals surface area contributed by atoms with Gasteiger partial charge in [-0.3, -0.25) is 0 Å². The highest BCUT2D eigenvalue weighted by Gasteiger charge is 2.25. The summed E-state index contributed by atoms with van der Waals surface area (Å²) in [6.07, 6.45) is 4.96. The smallest absolute Gasteiger partial charge is 0.339 e. The second-order valence-corrected chi connectivity index (χ2v) is 6.05. The third-order valence-electron chi connectivity index (χ3n) is 4.35. The Morgan fingerprint density at radius 3 is 2.75 bits per heavy atom. The van der Waals surface area contributed by atoms with E-state index in [0.717, 1.165) is 17.5 Å². The molecule has 0 aliphatic heterocycles. The maximum absolute atomic E-state index is 11.8. The summed E-state index contributed by atoms with van der Waals surface area (Å²) in [7, 11) is 1.43. The highest BCUT2D eigenvalue weighted by Crippen LogP contribution is 2.32. The van der Waals surface area contributed by atoms with Crippen molar-refractivity contribution in [1.82, 2.24) is 0 Å². The van der Waals surface area contributed by atoms with Crippen LogP contribution in [-0.2, 0) is 4.74 Å². The number of ether oxygens (including phenoxy) is 1. The number of nitrogens with one attached hydrogen (secondary N) is 1. The number of anilines is 1. The SMILES string of the molecule is COC(=O)c1ccccc1NC1CCCC(C(C)C)C1. The molecule has 0 spiro atoms. The number of para-hydroxylation sites is 1. The van der Waals surface area contributed by atoms with Crippen LogP contribution in [0.25, 0.3) is 0 Å². The molecule has 3 nitrogen and oxygen atoms in total.